The molecule has 3 N–H and O–H groups in total. The van der Waals surface area contributed by atoms with Crippen molar-refractivity contribution in [3.63, 3.8) is 0 Å². The molecule has 4 heteroatoms. The minimum atomic E-state index is 0.116. The van der Waals surface area contributed by atoms with Gasteiger partial charge in [0.25, 0.3) is 0 Å². The van der Waals surface area contributed by atoms with Crippen LogP contribution >= 0.6 is 0 Å². The Balaban J connectivity index is 2.51. The Morgan fingerprint density at radius 3 is 2.37 bits per heavy atom. The fraction of sp³-hybridized carbons (Fsp3) is 0.600. The minimum absolute atomic E-state index is 0.116. The van der Waals surface area contributed by atoms with Crippen molar-refractivity contribution in [2.45, 2.75) is 45.8 Å². The summed E-state index contributed by atoms with van der Waals surface area (Å²) in [5.41, 5.74) is 3.99. The van der Waals surface area contributed by atoms with Gasteiger partial charge in [-0.05, 0) is 44.4 Å². The van der Waals surface area contributed by atoms with E-state index in [1.165, 1.54) is 0 Å². The standard InChI is InChI=1S/C15H26N2O2/c1-4-10-18-11-9-15(17-16)13-5-7-14(8-6-13)19-12(2)3/h5-8,12,15,17H,4,9-11,16H2,1-3H3. The van der Waals surface area contributed by atoms with E-state index in [1.807, 2.05) is 38.1 Å². The highest BCUT2D eigenvalue weighted by molar-refractivity contribution is 5.29. The summed E-state index contributed by atoms with van der Waals surface area (Å²) in [6, 6.07) is 8.16. The molecule has 1 unspecified atom stereocenters. The Morgan fingerprint density at radius 2 is 1.84 bits per heavy atom. The Labute approximate surface area is 116 Å². The van der Waals surface area contributed by atoms with Crippen LogP contribution in [0.5, 0.6) is 5.75 Å². The van der Waals surface area contributed by atoms with Gasteiger partial charge in [0.15, 0.2) is 0 Å². The lowest BCUT2D eigenvalue weighted by molar-refractivity contribution is 0.124. The molecule has 0 amide bonds. The number of ether oxygens (including phenoxy) is 2. The maximum absolute atomic E-state index is 5.62. The molecule has 0 bridgehead atoms. The van der Waals surface area contributed by atoms with Crippen LogP contribution in [0.25, 0.3) is 0 Å². The second kappa shape index (κ2) is 8.91. The van der Waals surface area contributed by atoms with Crippen LogP contribution in [-0.4, -0.2) is 19.3 Å². The first kappa shape index (κ1) is 16.0. The molecule has 0 heterocycles. The molecule has 0 saturated heterocycles. The fourth-order valence-corrected chi connectivity index (χ4v) is 1.84. The van der Waals surface area contributed by atoms with Gasteiger partial charge in [-0.25, -0.2) is 0 Å². The van der Waals surface area contributed by atoms with Gasteiger partial charge in [-0.1, -0.05) is 19.1 Å². The molecule has 1 rings (SSSR count). The van der Waals surface area contributed by atoms with Gasteiger partial charge in [-0.15, -0.1) is 0 Å². The molecular formula is C15H26N2O2. The highest BCUT2D eigenvalue weighted by Gasteiger charge is 2.09. The van der Waals surface area contributed by atoms with Crippen LogP contribution < -0.4 is 16.0 Å². The van der Waals surface area contributed by atoms with Gasteiger partial charge in [0.05, 0.1) is 6.10 Å². The zero-order chi connectivity index (χ0) is 14.1. The van der Waals surface area contributed by atoms with E-state index in [-0.39, 0.29) is 12.1 Å². The third-order valence-corrected chi connectivity index (χ3v) is 2.75. The number of hydrogen-bond donors (Lipinski definition) is 2. The zero-order valence-electron chi connectivity index (χ0n) is 12.2. The normalized spacial score (nSPS) is 12.7. The summed E-state index contributed by atoms with van der Waals surface area (Å²) in [6.07, 6.45) is 2.10. The molecular weight excluding hydrogens is 240 g/mol. The summed E-state index contributed by atoms with van der Waals surface area (Å²) in [5.74, 6) is 6.49. The molecule has 1 aromatic carbocycles. The molecule has 0 aliphatic heterocycles. The van der Waals surface area contributed by atoms with Crippen molar-refractivity contribution in [1.82, 2.24) is 5.43 Å². The second-order valence-corrected chi connectivity index (χ2v) is 4.86. The number of benzene rings is 1. The van der Waals surface area contributed by atoms with Gasteiger partial charge in [-0.2, -0.15) is 0 Å². The molecule has 1 atom stereocenters. The SMILES string of the molecule is CCCOCCC(NN)c1ccc(OC(C)C)cc1. The number of nitrogens with two attached hydrogens (primary N) is 1. The van der Waals surface area contributed by atoms with Crippen LogP contribution in [0.15, 0.2) is 24.3 Å². The largest absolute Gasteiger partial charge is 0.491 e. The van der Waals surface area contributed by atoms with Crippen LogP contribution in [0.3, 0.4) is 0 Å². The molecule has 0 radical (unpaired) electrons. The molecule has 19 heavy (non-hydrogen) atoms. The number of hydrogen-bond acceptors (Lipinski definition) is 4. The van der Waals surface area contributed by atoms with E-state index in [2.05, 4.69) is 12.3 Å². The van der Waals surface area contributed by atoms with Gasteiger partial charge < -0.3 is 9.47 Å². The summed E-state index contributed by atoms with van der Waals surface area (Å²) in [5, 5.41) is 0. The van der Waals surface area contributed by atoms with Crippen LogP contribution in [-0.2, 0) is 4.74 Å². The van der Waals surface area contributed by atoms with Crippen molar-refractivity contribution in [2.24, 2.45) is 5.84 Å². The molecule has 1 aromatic rings. The number of rotatable bonds is 9. The van der Waals surface area contributed by atoms with Crippen LogP contribution in [0, 0.1) is 0 Å². The van der Waals surface area contributed by atoms with E-state index in [1.54, 1.807) is 0 Å². The average Bonchev–Trinajstić information content (AvgIpc) is 2.40. The van der Waals surface area contributed by atoms with Crippen molar-refractivity contribution < 1.29 is 9.47 Å². The Morgan fingerprint density at radius 1 is 1.16 bits per heavy atom. The molecule has 0 fully saturated rings. The first-order valence-electron chi connectivity index (χ1n) is 6.97. The monoisotopic (exact) mass is 266 g/mol. The molecule has 108 valence electrons. The van der Waals surface area contributed by atoms with Crippen LogP contribution in [0.2, 0.25) is 0 Å². The van der Waals surface area contributed by atoms with E-state index in [0.717, 1.165) is 30.8 Å². The van der Waals surface area contributed by atoms with Crippen molar-refractivity contribution in [3.8, 4) is 5.75 Å². The summed E-state index contributed by atoms with van der Waals surface area (Å²) in [6.45, 7) is 7.66. The highest BCUT2D eigenvalue weighted by Crippen LogP contribution is 2.20. The van der Waals surface area contributed by atoms with Crippen LogP contribution in [0.1, 0.15) is 45.2 Å². The molecule has 0 aliphatic rings. The van der Waals surface area contributed by atoms with Crippen molar-refractivity contribution in [3.05, 3.63) is 29.8 Å². The van der Waals surface area contributed by atoms with Crippen LogP contribution in [0.4, 0.5) is 0 Å². The smallest absolute Gasteiger partial charge is 0.119 e. The van der Waals surface area contributed by atoms with E-state index in [4.69, 9.17) is 15.3 Å². The third-order valence-electron chi connectivity index (χ3n) is 2.75. The molecule has 4 nitrogen and oxygen atoms in total. The van der Waals surface area contributed by atoms with E-state index in [9.17, 15) is 0 Å². The Hall–Kier alpha value is -1.10. The zero-order valence-corrected chi connectivity index (χ0v) is 12.2. The van der Waals surface area contributed by atoms with Crippen molar-refractivity contribution in [2.75, 3.05) is 13.2 Å². The quantitative estimate of drug-likeness (QED) is 0.410. The van der Waals surface area contributed by atoms with Gasteiger partial charge >= 0.3 is 0 Å². The topological polar surface area (TPSA) is 56.5 Å². The minimum Gasteiger partial charge on any atom is -0.491 e. The Kier molecular flexibility index (Phi) is 7.48. The summed E-state index contributed by atoms with van der Waals surface area (Å²) in [4.78, 5) is 0. The lowest BCUT2D eigenvalue weighted by Gasteiger charge is -2.17. The number of hydrazine groups is 1. The van der Waals surface area contributed by atoms with Gasteiger partial charge in [0.2, 0.25) is 0 Å². The van der Waals surface area contributed by atoms with Gasteiger partial charge in [0, 0.05) is 19.3 Å². The van der Waals surface area contributed by atoms with Crippen molar-refractivity contribution in [1.29, 1.82) is 0 Å². The average molecular weight is 266 g/mol. The number of nitrogens with one attached hydrogen (secondary N) is 1. The molecule has 0 aliphatic carbocycles. The Bertz CT molecular complexity index is 339. The maximum atomic E-state index is 5.62. The van der Waals surface area contributed by atoms with E-state index >= 15 is 0 Å². The lowest BCUT2D eigenvalue weighted by atomic mass is 10.0. The molecule has 0 saturated carbocycles. The van der Waals surface area contributed by atoms with Gasteiger partial charge in [0.1, 0.15) is 5.75 Å². The fourth-order valence-electron chi connectivity index (χ4n) is 1.84. The second-order valence-electron chi connectivity index (χ2n) is 4.86. The molecule has 0 aromatic heterocycles. The first-order valence-corrected chi connectivity index (χ1v) is 6.97. The van der Waals surface area contributed by atoms with Crippen molar-refractivity contribution >= 4 is 0 Å². The van der Waals surface area contributed by atoms with E-state index in [0.29, 0.717) is 6.61 Å². The van der Waals surface area contributed by atoms with Gasteiger partial charge in [-0.3, -0.25) is 11.3 Å². The predicted octanol–water partition coefficient (Wildman–Crippen LogP) is 2.79. The summed E-state index contributed by atoms with van der Waals surface area (Å²) in [7, 11) is 0. The summed E-state index contributed by atoms with van der Waals surface area (Å²) >= 11 is 0. The molecule has 0 spiro atoms. The third kappa shape index (κ3) is 6.05. The highest BCUT2D eigenvalue weighted by atomic mass is 16.5. The lowest BCUT2D eigenvalue weighted by Crippen LogP contribution is -2.29. The predicted molar refractivity (Wildman–Crippen MR) is 78.0 cm³/mol. The maximum Gasteiger partial charge on any atom is 0.119 e. The van der Waals surface area contributed by atoms with E-state index < -0.39 is 0 Å². The summed E-state index contributed by atoms with van der Waals surface area (Å²) < 4.78 is 11.1. The first-order chi connectivity index (χ1) is 9.17.